The lowest BCUT2D eigenvalue weighted by molar-refractivity contribution is -0.190. The molecule has 4 rings (SSSR count). The van der Waals surface area contributed by atoms with Crippen LogP contribution in [0.3, 0.4) is 0 Å². The van der Waals surface area contributed by atoms with Crippen molar-refractivity contribution in [3.63, 3.8) is 0 Å². The molecule has 176 valence electrons. The summed E-state index contributed by atoms with van der Waals surface area (Å²) in [7, 11) is 0. The highest BCUT2D eigenvalue weighted by molar-refractivity contribution is 14.1. The number of hydrogen-bond donors (Lipinski definition) is 0. The third kappa shape index (κ3) is 4.07. The molecular weight excluding hydrogens is 503 g/mol. The van der Waals surface area contributed by atoms with E-state index in [0.717, 1.165) is 37.5 Å². The zero-order valence-electron chi connectivity index (χ0n) is 19.6. The third-order valence-electron chi connectivity index (χ3n) is 10.6. The number of carbonyl (C=O) groups excluding carboxylic acids is 2. The molecule has 0 spiro atoms. The standard InChI is InChI=1S/C26H41IO4/c1-17(5-4-12-27)20-6-7-21-24-22(9-11-26(20,21)3)25(2)10-8-19(30-15-28)13-18(25)14-23(24)31-16-29/h15-24H,4-14H2,1-3H3/t17-,18+,19-,20-,21+,22+,23-,24+,25+,26-/m1/s1. The molecule has 10 atom stereocenters. The lowest BCUT2D eigenvalue weighted by Gasteiger charge is -2.62. The number of hydrogen-bond acceptors (Lipinski definition) is 4. The Kier molecular flexibility index (Phi) is 7.30. The van der Waals surface area contributed by atoms with Gasteiger partial charge in [-0.3, -0.25) is 9.59 Å². The van der Waals surface area contributed by atoms with Crippen LogP contribution in [0.25, 0.3) is 0 Å². The average molecular weight is 545 g/mol. The predicted molar refractivity (Wildman–Crippen MR) is 130 cm³/mol. The molecule has 4 nitrogen and oxygen atoms in total. The molecular formula is C26H41IO4. The van der Waals surface area contributed by atoms with Crippen LogP contribution in [0.4, 0.5) is 0 Å². The smallest absolute Gasteiger partial charge is 0.293 e. The Bertz CT molecular complexity index is 655. The molecule has 4 aliphatic carbocycles. The summed E-state index contributed by atoms with van der Waals surface area (Å²) in [6.07, 6.45) is 11.9. The Labute approximate surface area is 202 Å². The van der Waals surface area contributed by atoms with Gasteiger partial charge >= 0.3 is 0 Å². The topological polar surface area (TPSA) is 52.6 Å². The Hall–Kier alpha value is -0.330. The molecule has 0 unspecified atom stereocenters. The van der Waals surface area contributed by atoms with E-state index in [2.05, 4.69) is 43.4 Å². The van der Waals surface area contributed by atoms with Crippen LogP contribution in [-0.2, 0) is 19.1 Å². The minimum absolute atomic E-state index is 0.0311. The minimum atomic E-state index is 0.0311. The van der Waals surface area contributed by atoms with Crippen LogP contribution in [0.2, 0.25) is 0 Å². The molecule has 5 heteroatoms. The summed E-state index contributed by atoms with van der Waals surface area (Å²) < 4.78 is 12.5. The third-order valence-corrected chi connectivity index (χ3v) is 11.4. The highest BCUT2D eigenvalue weighted by atomic mass is 127. The molecule has 31 heavy (non-hydrogen) atoms. The van der Waals surface area contributed by atoms with Gasteiger partial charge in [0, 0.05) is 5.92 Å². The van der Waals surface area contributed by atoms with E-state index in [1.54, 1.807) is 0 Å². The Morgan fingerprint density at radius 2 is 1.68 bits per heavy atom. The van der Waals surface area contributed by atoms with Crippen LogP contribution in [0.5, 0.6) is 0 Å². The maximum absolute atomic E-state index is 11.5. The van der Waals surface area contributed by atoms with Gasteiger partial charge in [-0.1, -0.05) is 43.4 Å². The van der Waals surface area contributed by atoms with Crippen LogP contribution in [0.15, 0.2) is 0 Å². The fraction of sp³-hybridized carbons (Fsp3) is 0.923. The van der Waals surface area contributed by atoms with E-state index >= 15 is 0 Å². The molecule has 0 radical (unpaired) electrons. The summed E-state index contributed by atoms with van der Waals surface area (Å²) in [6, 6.07) is 0. The van der Waals surface area contributed by atoms with Crippen LogP contribution >= 0.6 is 22.6 Å². The number of alkyl halides is 1. The van der Waals surface area contributed by atoms with Gasteiger partial charge in [0.2, 0.25) is 0 Å². The van der Waals surface area contributed by atoms with Gasteiger partial charge in [-0.2, -0.15) is 0 Å². The SMILES string of the molecule is C[C@H](CCCI)[C@H]1CC[C@H]2[C@@H]3[C@H](OC=O)C[C@@H]4C[C@H](OC=O)CC[C@]4(C)[C@H]3CC[C@]12C. The first kappa shape index (κ1) is 23.8. The van der Waals surface area contributed by atoms with Crippen molar-refractivity contribution in [2.75, 3.05) is 4.43 Å². The number of ether oxygens (including phenoxy) is 2. The molecule has 0 N–H and O–H groups in total. The summed E-state index contributed by atoms with van der Waals surface area (Å²) in [4.78, 5) is 22.4. The van der Waals surface area contributed by atoms with Gasteiger partial charge < -0.3 is 9.47 Å². The van der Waals surface area contributed by atoms with E-state index in [0.29, 0.717) is 42.0 Å². The monoisotopic (exact) mass is 544 g/mol. The van der Waals surface area contributed by atoms with Gasteiger partial charge in [0.1, 0.15) is 12.2 Å². The second-order valence-electron chi connectivity index (χ2n) is 11.7. The largest absolute Gasteiger partial charge is 0.465 e. The van der Waals surface area contributed by atoms with E-state index in [1.807, 2.05) is 0 Å². The van der Waals surface area contributed by atoms with Gasteiger partial charge in [-0.25, -0.2) is 0 Å². The van der Waals surface area contributed by atoms with Crippen molar-refractivity contribution in [1.82, 2.24) is 0 Å². The molecule has 0 aromatic rings. The molecule has 0 aromatic heterocycles. The summed E-state index contributed by atoms with van der Waals surface area (Å²) in [5, 5.41) is 0. The second kappa shape index (κ2) is 9.50. The van der Waals surface area contributed by atoms with Gasteiger partial charge in [-0.05, 0) is 109 Å². The Morgan fingerprint density at radius 1 is 0.968 bits per heavy atom. The van der Waals surface area contributed by atoms with Crippen molar-refractivity contribution in [2.24, 2.45) is 46.3 Å². The van der Waals surface area contributed by atoms with Gasteiger partial charge in [-0.15, -0.1) is 0 Å². The van der Waals surface area contributed by atoms with E-state index in [-0.39, 0.29) is 17.6 Å². The highest BCUT2D eigenvalue weighted by Crippen LogP contribution is 2.68. The van der Waals surface area contributed by atoms with Crippen LogP contribution in [-0.4, -0.2) is 29.6 Å². The zero-order valence-corrected chi connectivity index (χ0v) is 21.7. The average Bonchev–Trinajstić information content (AvgIpc) is 3.10. The first-order chi connectivity index (χ1) is 14.9. The normalized spacial score (nSPS) is 47.4. The lowest BCUT2D eigenvalue weighted by Crippen LogP contribution is -2.59. The van der Waals surface area contributed by atoms with Crippen molar-refractivity contribution < 1.29 is 19.1 Å². The van der Waals surface area contributed by atoms with Crippen LogP contribution < -0.4 is 0 Å². The van der Waals surface area contributed by atoms with E-state index in [1.165, 1.54) is 43.0 Å². The summed E-state index contributed by atoms with van der Waals surface area (Å²) in [5.74, 6) is 3.85. The van der Waals surface area contributed by atoms with Gasteiger partial charge in [0.05, 0.1) is 0 Å². The molecule has 4 aliphatic rings. The molecule has 0 aromatic carbocycles. The van der Waals surface area contributed by atoms with E-state index in [4.69, 9.17) is 9.47 Å². The van der Waals surface area contributed by atoms with Gasteiger partial charge in [0.15, 0.2) is 0 Å². The van der Waals surface area contributed by atoms with Crippen molar-refractivity contribution in [3.8, 4) is 0 Å². The molecule has 0 aliphatic heterocycles. The maximum atomic E-state index is 11.5. The predicted octanol–water partition coefficient (Wildman–Crippen LogP) is 6.19. The number of halogens is 1. The fourth-order valence-electron chi connectivity index (χ4n) is 9.15. The summed E-state index contributed by atoms with van der Waals surface area (Å²) >= 11 is 2.51. The molecule has 4 saturated carbocycles. The Balaban J connectivity index is 1.59. The first-order valence-electron chi connectivity index (χ1n) is 12.6. The van der Waals surface area contributed by atoms with Crippen molar-refractivity contribution in [3.05, 3.63) is 0 Å². The first-order valence-corrected chi connectivity index (χ1v) is 14.2. The number of fused-ring (bicyclic) bond motifs is 5. The van der Waals surface area contributed by atoms with E-state index < -0.39 is 0 Å². The molecule has 4 fully saturated rings. The summed E-state index contributed by atoms with van der Waals surface area (Å²) in [5.41, 5.74) is 0.666. The second-order valence-corrected chi connectivity index (χ2v) is 12.7. The van der Waals surface area contributed by atoms with Crippen LogP contribution in [0.1, 0.15) is 85.0 Å². The summed E-state index contributed by atoms with van der Waals surface area (Å²) in [6.45, 7) is 8.88. The number of rotatable bonds is 8. The van der Waals surface area contributed by atoms with Gasteiger partial charge in [0.25, 0.3) is 12.9 Å². The van der Waals surface area contributed by atoms with Crippen molar-refractivity contribution in [2.45, 2.75) is 97.2 Å². The van der Waals surface area contributed by atoms with E-state index in [9.17, 15) is 9.59 Å². The fourth-order valence-corrected chi connectivity index (χ4v) is 9.59. The van der Waals surface area contributed by atoms with Crippen molar-refractivity contribution in [1.29, 1.82) is 0 Å². The number of carbonyl (C=O) groups is 2. The quantitative estimate of drug-likeness (QED) is 0.208. The molecule has 0 bridgehead atoms. The molecule has 0 saturated heterocycles. The molecule has 0 amide bonds. The molecule has 0 heterocycles. The zero-order chi connectivity index (χ0) is 22.2. The van der Waals surface area contributed by atoms with Crippen LogP contribution in [0, 0.1) is 46.3 Å². The lowest BCUT2D eigenvalue weighted by atomic mass is 9.43. The minimum Gasteiger partial charge on any atom is -0.465 e. The highest BCUT2D eigenvalue weighted by Gasteiger charge is 2.63. The maximum Gasteiger partial charge on any atom is 0.293 e. The van der Waals surface area contributed by atoms with Crippen molar-refractivity contribution >= 4 is 35.5 Å². The Morgan fingerprint density at radius 3 is 2.39 bits per heavy atom.